The van der Waals surface area contributed by atoms with E-state index in [1.165, 1.54) is 0 Å². The molecule has 2 saturated heterocycles. The molecule has 5 rings (SSSR count). The second-order valence-electron chi connectivity index (χ2n) is 11.9. The second kappa shape index (κ2) is 10.2. The fourth-order valence-corrected chi connectivity index (χ4v) is 5.88. The number of aromatic nitrogens is 2. The number of piperidine rings is 2. The summed E-state index contributed by atoms with van der Waals surface area (Å²) in [6, 6.07) is -1.25. The van der Waals surface area contributed by atoms with Gasteiger partial charge >= 0.3 is 6.03 Å². The fraction of sp³-hybridized carbons (Fsp3) is 0.885. The van der Waals surface area contributed by atoms with E-state index in [9.17, 15) is 4.79 Å². The average Bonchev–Trinajstić information content (AvgIpc) is 3.57. The number of amides is 2. The molecule has 2 amide bonds. The summed E-state index contributed by atoms with van der Waals surface area (Å²) in [5.74, 6) is -1.17. The summed E-state index contributed by atoms with van der Waals surface area (Å²) in [4.78, 5) is 21.8. The Balaban J connectivity index is 1.17. The highest BCUT2D eigenvalue weighted by molar-refractivity contribution is 5.75. The monoisotopic (exact) mass is 509 g/mol. The first-order valence-corrected chi connectivity index (χ1v) is 13.8. The lowest BCUT2D eigenvalue weighted by atomic mass is 9.79. The lowest BCUT2D eigenvalue weighted by molar-refractivity contribution is -0.147. The quantitative estimate of drug-likeness (QED) is 0.610. The number of alkyl halides is 2. The van der Waals surface area contributed by atoms with Gasteiger partial charge in [0.15, 0.2) is 5.82 Å². The smallest absolute Gasteiger partial charge is 0.317 e. The number of carbonyl (C=O) groups is 1. The van der Waals surface area contributed by atoms with Crippen LogP contribution in [0.15, 0.2) is 4.52 Å². The molecule has 2 atom stereocenters. The highest BCUT2D eigenvalue weighted by Gasteiger charge is 2.50. The Labute approximate surface area is 212 Å². The van der Waals surface area contributed by atoms with Gasteiger partial charge in [-0.2, -0.15) is 4.98 Å². The molecule has 0 radical (unpaired) electrons. The Morgan fingerprint density at radius 2 is 1.78 bits per heavy atom. The van der Waals surface area contributed by atoms with E-state index in [0.29, 0.717) is 62.4 Å². The maximum Gasteiger partial charge on any atom is 0.317 e. The van der Waals surface area contributed by atoms with Gasteiger partial charge in [0.2, 0.25) is 5.89 Å². The van der Waals surface area contributed by atoms with E-state index in [2.05, 4.69) is 41.1 Å². The van der Waals surface area contributed by atoms with Gasteiger partial charge in [0.25, 0.3) is 5.92 Å². The van der Waals surface area contributed by atoms with E-state index in [1.54, 1.807) is 4.90 Å². The topological polar surface area (TPSA) is 83.7 Å². The van der Waals surface area contributed by atoms with Crippen molar-refractivity contribution >= 4 is 6.03 Å². The van der Waals surface area contributed by atoms with Crippen LogP contribution in [-0.2, 0) is 10.2 Å². The van der Waals surface area contributed by atoms with Gasteiger partial charge in [0, 0.05) is 50.0 Å². The minimum atomic E-state index is -2.98. The summed E-state index contributed by atoms with van der Waals surface area (Å²) in [5, 5.41) is 6.90. The number of nitrogens with one attached hydrogen (secondary N) is 1. The minimum Gasteiger partial charge on any atom is -0.373 e. The predicted molar refractivity (Wildman–Crippen MR) is 130 cm³/mol. The van der Waals surface area contributed by atoms with Gasteiger partial charge in [-0.15, -0.1) is 0 Å². The number of urea groups is 1. The first-order valence-electron chi connectivity index (χ1n) is 13.8. The van der Waals surface area contributed by atoms with Gasteiger partial charge < -0.3 is 24.4 Å². The molecule has 4 fully saturated rings. The molecule has 1 aromatic heterocycles. The SMILES string of the molecule is CC(C)N1CCC(O[C@H]2CCCC(F)(F)[C@@H]2NC(=O)N2CCC(C)(c3noc(C4CC4)n3)CC2)CC1. The first kappa shape index (κ1) is 25.8. The van der Waals surface area contributed by atoms with Crippen LogP contribution in [0, 0.1) is 0 Å². The molecule has 1 aromatic rings. The number of hydrogen-bond acceptors (Lipinski definition) is 6. The Kier molecular flexibility index (Phi) is 7.29. The van der Waals surface area contributed by atoms with Gasteiger partial charge in [-0.05, 0) is 65.2 Å². The van der Waals surface area contributed by atoms with Gasteiger partial charge in [0.1, 0.15) is 6.04 Å². The van der Waals surface area contributed by atoms with Gasteiger partial charge in [-0.1, -0.05) is 12.1 Å². The number of nitrogens with zero attached hydrogens (tertiary/aromatic N) is 4. The van der Waals surface area contributed by atoms with Gasteiger partial charge in [0.05, 0.1) is 12.2 Å². The van der Waals surface area contributed by atoms with Crippen molar-refractivity contribution in [2.24, 2.45) is 0 Å². The largest absolute Gasteiger partial charge is 0.373 e. The van der Waals surface area contributed by atoms with Crippen LogP contribution in [0.2, 0.25) is 0 Å². The summed E-state index contributed by atoms with van der Waals surface area (Å²) in [6.45, 7) is 9.19. The van der Waals surface area contributed by atoms with Crippen LogP contribution >= 0.6 is 0 Å². The molecule has 1 N–H and O–H groups in total. The molecule has 0 unspecified atom stereocenters. The Morgan fingerprint density at radius 1 is 1.08 bits per heavy atom. The van der Waals surface area contributed by atoms with Crippen molar-refractivity contribution in [2.75, 3.05) is 26.2 Å². The fourth-order valence-electron chi connectivity index (χ4n) is 5.88. The van der Waals surface area contributed by atoms with E-state index in [-0.39, 0.29) is 17.9 Å². The Morgan fingerprint density at radius 3 is 2.42 bits per heavy atom. The maximum absolute atomic E-state index is 15.0. The van der Waals surface area contributed by atoms with Crippen LogP contribution < -0.4 is 5.32 Å². The maximum atomic E-state index is 15.0. The normalized spacial score (nSPS) is 29.4. The number of likely N-dealkylation sites (tertiary alicyclic amines) is 2. The molecular formula is C26H41F2N5O3. The number of rotatable bonds is 6. The molecule has 0 spiro atoms. The summed E-state index contributed by atoms with van der Waals surface area (Å²) >= 11 is 0. The zero-order valence-corrected chi connectivity index (χ0v) is 21.8. The van der Waals surface area contributed by atoms with Gasteiger partial charge in [-0.25, -0.2) is 13.6 Å². The van der Waals surface area contributed by atoms with Gasteiger partial charge in [-0.3, -0.25) is 0 Å². The third kappa shape index (κ3) is 5.54. The van der Waals surface area contributed by atoms with Crippen LogP contribution in [0.1, 0.15) is 96.2 Å². The van der Waals surface area contributed by atoms with Crippen molar-refractivity contribution in [2.45, 2.75) is 120 Å². The minimum absolute atomic E-state index is 0.0375. The molecule has 4 aliphatic rings. The van der Waals surface area contributed by atoms with Crippen LogP contribution in [0.5, 0.6) is 0 Å². The summed E-state index contributed by atoms with van der Waals surface area (Å²) < 4.78 is 41.8. The number of ether oxygens (including phenoxy) is 1. The Bertz CT molecular complexity index is 905. The molecule has 0 aromatic carbocycles. The number of hydrogen-bond donors (Lipinski definition) is 1. The van der Waals surface area contributed by atoms with E-state index < -0.39 is 24.1 Å². The molecule has 36 heavy (non-hydrogen) atoms. The number of carbonyl (C=O) groups excluding carboxylic acids is 1. The van der Waals surface area contributed by atoms with Crippen molar-refractivity contribution in [3.63, 3.8) is 0 Å². The third-order valence-corrected chi connectivity index (χ3v) is 8.74. The van der Waals surface area contributed by atoms with Crippen molar-refractivity contribution in [3.05, 3.63) is 11.7 Å². The van der Waals surface area contributed by atoms with Crippen LogP contribution in [0.4, 0.5) is 13.6 Å². The molecule has 10 heteroatoms. The third-order valence-electron chi connectivity index (χ3n) is 8.74. The summed E-state index contributed by atoms with van der Waals surface area (Å²) in [5.41, 5.74) is -0.279. The molecule has 2 saturated carbocycles. The summed E-state index contributed by atoms with van der Waals surface area (Å²) in [7, 11) is 0. The van der Waals surface area contributed by atoms with E-state index in [0.717, 1.165) is 38.8 Å². The van der Waals surface area contributed by atoms with E-state index in [1.807, 2.05) is 0 Å². The van der Waals surface area contributed by atoms with Crippen molar-refractivity contribution in [1.29, 1.82) is 0 Å². The molecule has 0 bridgehead atoms. The van der Waals surface area contributed by atoms with Crippen LogP contribution in [-0.4, -0.2) is 82.4 Å². The lowest BCUT2D eigenvalue weighted by Crippen LogP contribution is -2.61. The molecule has 2 aliphatic carbocycles. The second-order valence-corrected chi connectivity index (χ2v) is 11.9. The highest BCUT2D eigenvalue weighted by Crippen LogP contribution is 2.41. The standard InChI is InChI=1S/C26H41F2N5O3/c1-17(2)32-13-8-19(9-14-32)35-20-5-4-10-26(27,28)21(20)29-24(34)33-15-11-25(3,12-16-33)23-30-22(36-31-23)18-6-7-18/h17-21H,4-16H2,1-3H3,(H,29,34)/t20-,21+/m0/s1. The molecular weight excluding hydrogens is 468 g/mol. The average molecular weight is 510 g/mol. The van der Waals surface area contributed by atoms with Crippen molar-refractivity contribution in [1.82, 2.24) is 25.3 Å². The Hall–Kier alpha value is -1.81. The van der Waals surface area contributed by atoms with Crippen LogP contribution in [0.3, 0.4) is 0 Å². The number of halogens is 2. The first-order chi connectivity index (χ1) is 17.1. The lowest BCUT2D eigenvalue weighted by Gasteiger charge is -2.43. The molecule has 3 heterocycles. The van der Waals surface area contributed by atoms with Crippen molar-refractivity contribution in [3.8, 4) is 0 Å². The summed E-state index contributed by atoms with van der Waals surface area (Å²) in [6.07, 6.45) is 5.23. The highest BCUT2D eigenvalue weighted by atomic mass is 19.3. The van der Waals surface area contributed by atoms with Crippen molar-refractivity contribution < 1.29 is 22.8 Å². The van der Waals surface area contributed by atoms with Crippen LogP contribution in [0.25, 0.3) is 0 Å². The predicted octanol–water partition coefficient (Wildman–Crippen LogP) is 4.46. The van der Waals surface area contributed by atoms with E-state index >= 15 is 8.78 Å². The van der Waals surface area contributed by atoms with E-state index in [4.69, 9.17) is 9.26 Å². The molecule has 202 valence electrons. The zero-order chi connectivity index (χ0) is 25.5. The zero-order valence-electron chi connectivity index (χ0n) is 21.8. The molecule has 2 aliphatic heterocycles. The molecule has 8 nitrogen and oxygen atoms in total.